The summed E-state index contributed by atoms with van der Waals surface area (Å²) in [7, 11) is 3.17. The summed E-state index contributed by atoms with van der Waals surface area (Å²) in [6.07, 6.45) is 3.25. The van der Waals surface area contributed by atoms with Crippen molar-refractivity contribution in [2.24, 2.45) is 0 Å². The van der Waals surface area contributed by atoms with Crippen LogP contribution in [0.1, 0.15) is 30.1 Å². The van der Waals surface area contributed by atoms with E-state index in [1.165, 1.54) is 18.2 Å². The first kappa shape index (κ1) is 21.2. The zero-order chi connectivity index (χ0) is 21.6. The highest BCUT2D eigenvalue weighted by Gasteiger charge is 2.30. The molecule has 1 aromatic heterocycles. The summed E-state index contributed by atoms with van der Waals surface area (Å²) < 4.78 is 16.6. The van der Waals surface area contributed by atoms with Crippen molar-refractivity contribution in [1.29, 1.82) is 0 Å². The summed E-state index contributed by atoms with van der Waals surface area (Å²) >= 11 is 1.28. The number of likely N-dealkylation sites (tertiary alicyclic amines) is 1. The van der Waals surface area contributed by atoms with Crippen LogP contribution in [0.4, 0.5) is 0 Å². The van der Waals surface area contributed by atoms with Gasteiger partial charge >= 0.3 is 0 Å². The van der Waals surface area contributed by atoms with Crippen LogP contribution in [-0.4, -0.2) is 48.3 Å². The van der Waals surface area contributed by atoms with E-state index in [4.69, 9.17) is 13.9 Å². The number of nitrogens with zero attached hydrogens (tertiary/aromatic N) is 3. The second-order valence-electron chi connectivity index (χ2n) is 7.23. The van der Waals surface area contributed by atoms with E-state index < -0.39 is 5.25 Å². The Balaban J connectivity index is 1.60. The molecule has 31 heavy (non-hydrogen) atoms. The lowest BCUT2D eigenvalue weighted by molar-refractivity contribution is -0.131. The van der Waals surface area contributed by atoms with Gasteiger partial charge in [0.15, 0.2) is 0 Å². The highest BCUT2D eigenvalue weighted by molar-refractivity contribution is 8.00. The number of thioether (sulfide) groups is 1. The number of rotatable bonds is 7. The lowest BCUT2D eigenvalue weighted by Gasteiger charge is -2.29. The maximum absolute atomic E-state index is 13.3. The number of amides is 1. The Morgan fingerprint density at radius 3 is 2.52 bits per heavy atom. The molecule has 1 unspecified atom stereocenters. The maximum Gasteiger partial charge on any atom is 0.277 e. The summed E-state index contributed by atoms with van der Waals surface area (Å²) in [5.41, 5.74) is 1.59. The van der Waals surface area contributed by atoms with E-state index in [2.05, 4.69) is 10.2 Å². The van der Waals surface area contributed by atoms with Gasteiger partial charge in [-0.15, -0.1) is 10.2 Å². The standard InChI is InChI=1S/C23H25N3O4S/c1-28-17-11-12-18(19(15-17)29-2)21-24-25-23(30-21)31-20(16-9-5-3-6-10-16)22(27)26-13-7-4-8-14-26/h3,5-6,9-12,15,20H,4,7-8,13-14H2,1-2H3. The van der Waals surface area contributed by atoms with Gasteiger partial charge in [-0.3, -0.25) is 4.79 Å². The van der Waals surface area contributed by atoms with Crippen molar-refractivity contribution in [1.82, 2.24) is 15.1 Å². The van der Waals surface area contributed by atoms with Crippen LogP contribution in [0.25, 0.3) is 11.5 Å². The largest absolute Gasteiger partial charge is 0.497 e. The minimum Gasteiger partial charge on any atom is -0.497 e. The molecule has 8 heteroatoms. The number of carbonyl (C=O) groups is 1. The van der Waals surface area contributed by atoms with Gasteiger partial charge in [0.25, 0.3) is 11.1 Å². The van der Waals surface area contributed by atoms with Gasteiger partial charge in [0, 0.05) is 19.2 Å². The van der Waals surface area contributed by atoms with Gasteiger partial charge in [-0.25, -0.2) is 0 Å². The zero-order valence-corrected chi connectivity index (χ0v) is 18.4. The minimum atomic E-state index is -0.439. The first-order valence-corrected chi connectivity index (χ1v) is 11.1. The Morgan fingerprint density at radius 2 is 1.81 bits per heavy atom. The van der Waals surface area contributed by atoms with E-state index in [1.807, 2.05) is 47.4 Å². The van der Waals surface area contributed by atoms with Crippen LogP contribution in [0, 0.1) is 0 Å². The normalized spacial score (nSPS) is 14.8. The summed E-state index contributed by atoms with van der Waals surface area (Å²) in [5, 5.41) is 8.28. The van der Waals surface area contributed by atoms with Crippen molar-refractivity contribution in [3.63, 3.8) is 0 Å². The monoisotopic (exact) mass is 439 g/mol. The quantitative estimate of drug-likeness (QED) is 0.498. The third-order valence-corrected chi connectivity index (χ3v) is 6.33. The summed E-state index contributed by atoms with van der Waals surface area (Å²) in [5.74, 6) is 1.66. The molecule has 0 aliphatic carbocycles. The number of benzene rings is 2. The van der Waals surface area contributed by atoms with Crippen molar-refractivity contribution >= 4 is 17.7 Å². The molecule has 3 aromatic rings. The zero-order valence-electron chi connectivity index (χ0n) is 17.6. The molecular weight excluding hydrogens is 414 g/mol. The maximum atomic E-state index is 13.3. The van der Waals surface area contributed by atoms with Crippen LogP contribution in [-0.2, 0) is 4.79 Å². The molecule has 1 aliphatic rings. The van der Waals surface area contributed by atoms with Crippen LogP contribution >= 0.6 is 11.8 Å². The first-order valence-electron chi connectivity index (χ1n) is 10.3. The number of aromatic nitrogens is 2. The molecule has 0 bridgehead atoms. The molecule has 1 atom stereocenters. The summed E-state index contributed by atoms with van der Waals surface area (Å²) in [6, 6.07) is 15.1. The van der Waals surface area contributed by atoms with E-state index in [-0.39, 0.29) is 5.91 Å². The lowest BCUT2D eigenvalue weighted by Crippen LogP contribution is -2.38. The second kappa shape index (κ2) is 9.87. The van der Waals surface area contributed by atoms with Gasteiger partial charge < -0.3 is 18.8 Å². The van der Waals surface area contributed by atoms with Crippen molar-refractivity contribution in [2.75, 3.05) is 27.3 Å². The van der Waals surface area contributed by atoms with Crippen LogP contribution in [0.15, 0.2) is 58.2 Å². The highest BCUT2D eigenvalue weighted by Crippen LogP contribution is 2.39. The molecule has 0 spiro atoms. The molecule has 0 N–H and O–H groups in total. The van der Waals surface area contributed by atoms with Gasteiger partial charge in [-0.05, 0) is 48.7 Å². The Kier molecular flexibility index (Phi) is 6.76. The fraction of sp³-hybridized carbons (Fsp3) is 0.348. The number of methoxy groups -OCH3 is 2. The smallest absolute Gasteiger partial charge is 0.277 e. The van der Waals surface area contributed by atoms with Crippen molar-refractivity contribution in [3.05, 3.63) is 54.1 Å². The Hall–Kier alpha value is -3.00. The average Bonchev–Trinajstić information content (AvgIpc) is 3.31. The SMILES string of the molecule is COc1ccc(-c2nnc(SC(C(=O)N3CCCCC3)c3ccccc3)o2)c(OC)c1. The van der Waals surface area contributed by atoms with Crippen molar-refractivity contribution in [3.8, 4) is 23.0 Å². The third kappa shape index (κ3) is 4.85. The average molecular weight is 440 g/mol. The summed E-state index contributed by atoms with van der Waals surface area (Å²) in [6.45, 7) is 1.59. The minimum absolute atomic E-state index is 0.0812. The molecule has 2 heterocycles. The third-order valence-electron chi connectivity index (χ3n) is 5.26. The number of hydrogen-bond acceptors (Lipinski definition) is 7. The number of carbonyl (C=O) groups excluding carboxylic acids is 1. The molecule has 2 aromatic carbocycles. The van der Waals surface area contributed by atoms with Gasteiger partial charge in [0.1, 0.15) is 16.7 Å². The summed E-state index contributed by atoms with van der Waals surface area (Å²) in [4.78, 5) is 15.3. The van der Waals surface area contributed by atoms with Crippen molar-refractivity contribution < 1.29 is 18.7 Å². The fourth-order valence-electron chi connectivity index (χ4n) is 3.61. The number of ether oxygens (including phenoxy) is 2. The second-order valence-corrected chi connectivity index (χ2v) is 8.29. The van der Waals surface area contributed by atoms with E-state index in [0.29, 0.717) is 28.2 Å². The predicted molar refractivity (Wildman–Crippen MR) is 118 cm³/mol. The predicted octanol–water partition coefficient (Wildman–Crippen LogP) is 4.60. The Morgan fingerprint density at radius 1 is 1.03 bits per heavy atom. The van der Waals surface area contributed by atoms with E-state index in [0.717, 1.165) is 31.5 Å². The van der Waals surface area contributed by atoms with Crippen LogP contribution < -0.4 is 9.47 Å². The van der Waals surface area contributed by atoms with Gasteiger partial charge in [-0.1, -0.05) is 30.3 Å². The molecule has 1 aliphatic heterocycles. The molecule has 7 nitrogen and oxygen atoms in total. The van der Waals surface area contributed by atoms with E-state index in [1.54, 1.807) is 20.3 Å². The molecular formula is C23H25N3O4S. The molecule has 4 rings (SSSR count). The lowest BCUT2D eigenvalue weighted by atomic mass is 10.1. The fourth-order valence-corrected chi connectivity index (χ4v) is 4.57. The Bertz CT molecular complexity index is 1020. The number of piperidine rings is 1. The molecule has 1 saturated heterocycles. The van der Waals surface area contributed by atoms with Gasteiger partial charge in [-0.2, -0.15) is 0 Å². The van der Waals surface area contributed by atoms with Gasteiger partial charge in [0.05, 0.1) is 19.8 Å². The van der Waals surface area contributed by atoms with Crippen molar-refractivity contribution in [2.45, 2.75) is 29.7 Å². The Labute approximate surface area is 185 Å². The topological polar surface area (TPSA) is 77.7 Å². The molecule has 162 valence electrons. The van der Waals surface area contributed by atoms with Crippen LogP contribution in [0.2, 0.25) is 0 Å². The van der Waals surface area contributed by atoms with Crippen LogP contribution in [0.3, 0.4) is 0 Å². The highest BCUT2D eigenvalue weighted by atomic mass is 32.2. The first-order chi connectivity index (χ1) is 15.2. The van der Waals surface area contributed by atoms with Crippen LogP contribution in [0.5, 0.6) is 11.5 Å². The van der Waals surface area contributed by atoms with Gasteiger partial charge in [0.2, 0.25) is 5.91 Å². The number of hydrogen-bond donors (Lipinski definition) is 0. The van der Waals surface area contributed by atoms with E-state index >= 15 is 0 Å². The molecule has 0 radical (unpaired) electrons. The molecule has 1 fully saturated rings. The molecule has 1 amide bonds. The van der Waals surface area contributed by atoms with E-state index in [9.17, 15) is 4.79 Å². The molecule has 0 saturated carbocycles.